The van der Waals surface area contributed by atoms with Crippen LogP contribution in [0.4, 0.5) is 0 Å². The summed E-state index contributed by atoms with van der Waals surface area (Å²) in [5.74, 6) is 0.250. The van der Waals surface area contributed by atoms with Gasteiger partial charge in [0.2, 0.25) is 0 Å². The van der Waals surface area contributed by atoms with Gasteiger partial charge in [-0.2, -0.15) is 12.7 Å². The smallest absolute Gasteiger partial charge is 0.256 e. The molecule has 0 amide bonds. The van der Waals surface area contributed by atoms with E-state index in [4.69, 9.17) is 4.18 Å². The van der Waals surface area contributed by atoms with Crippen LogP contribution in [0.3, 0.4) is 0 Å². The number of likely N-dealkylation sites (N-methyl/N-ethyl adjacent to an activating group) is 1. The second-order valence-corrected chi connectivity index (χ2v) is 5.34. The molecule has 0 saturated carbocycles. The van der Waals surface area contributed by atoms with Crippen LogP contribution >= 0.6 is 0 Å². The van der Waals surface area contributed by atoms with Gasteiger partial charge in [0, 0.05) is 7.05 Å². The Balaban J connectivity index is 3.01. The lowest BCUT2D eigenvalue weighted by molar-refractivity contribution is 0.162. The van der Waals surface area contributed by atoms with Gasteiger partial charge < -0.3 is 0 Å². The Morgan fingerprint density at radius 1 is 1.50 bits per heavy atom. The van der Waals surface area contributed by atoms with Crippen LogP contribution in [0.15, 0.2) is 0 Å². The van der Waals surface area contributed by atoms with Crippen molar-refractivity contribution in [3.8, 4) is 0 Å². The molecule has 1 unspecified atom stereocenters. The second kappa shape index (κ2) is 2.68. The number of rotatable bonds is 1. The van der Waals surface area contributed by atoms with Gasteiger partial charge in [0.05, 0.1) is 12.1 Å². The maximum absolute atomic E-state index is 11.2. The lowest BCUT2D eigenvalue weighted by Gasteiger charge is -2.31. The van der Waals surface area contributed by atoms with Gasteiger partial charge in [-0.1, -0.05) is 13.8 Å². The first kappa shape index (κ1) is 9.95. The Morgan fingerprint density at radius 2 is 2.00 bits per heavy atom. The van der Waals surface area contributed by atoms with Gasteiger partial charge in [-0.25, -0.2) is 0 Å². The number of hydrogen-bond donors (Lipinski definition) is 0. The summed E-state index contributed by atoms with van der Waals surface area (Å²) in [6.07, 6.45) is 0. The van der Waals surface area contributed by atoms with E-state index in [2.05, 4.69) is 0 Å². The Morgan fingerprint density at radius 3 is 2.17 bits per heavy atom. The van der Waals surface area contributed by atoms with Gasteiger partial charge in [0.25, 0.3) is 0 Å². The molecule has 12 heavy (non-hydrogen) atoms. The van der Waals surface area contributed by atoms with Gasteiger partial charge in [-0.15, -0.1) is 0 Å². The molecule has 0 N–H and O–H groups in total. The van der Waals surface area contributed by atoms with Crippen molar-refractivity contribution in [2.24, 2.45) is 5.92 Å². The van der Waals surface area contributed by atoms with Crippen LogP contribution < -0.4 is 0 Å². The van der Waals surface area contributed by atoms with Crippen LogP contribution in [-0.4, -0.2) is 31.9 Å². The van der Waals surface area contributed by atoms with Crippen molar-refractivity contribution in [2.75, 3.05) is 13.7 Å². The molecule has 1 atom stereocenters. The first-order valence-corrected chi connectivity index (χ1v) is 5.30. The van der Waals surface area contributed by atoms with Gasteiger partial charge in [0.1, 0.15) is 0 Å². The first-order valence-electron chi connectivity index (χ1n) is 3.94. The van der Waals surface area contributed by atoms with Crippen LogP contribution in [0.1, 0.15) is 20.8 Å². The summed E-state index contributed by atoms with van der Waals surface area (Å²) < 4.78 is 28.4. The van der Waals surface area contributed by atoms with Crippen molar-refractivity contribution in [3.05, 3.63) is 0 Å². The summed E-state index contributed by atoms with van der Waals surface area (Å²) in [6, 6.07) is 0. The topological polar surface area (TPSA) is 46.6 Å². The zero-order valence-electron chi connectivity index (χ0n) is 7.86. The van der Waals surface area contributed by atoms with Gasteiger partial charge in [0.15, 0.2) is 0 Å². The van der Waals surface area contributed by atoms with E-state index in [1.165, 1.54) is 4.31 Å². The van der Waals surface area contributed by atoms with Gasteiger partial charge >= 0.3 is 10.3 Å². The molecule has 1 rings (SSSR count). The maximum Gasteiger partial charge on any atom is 0.338 e. The summed E-state index contributed by atoms with van der Waals surface area (Å²) in [5.41, 5.74) is -0.390. The third-order valence-electron chi connectivity index (χ3n) is 2.80. The number of hydrogen-bond acceptors (Lipinski definition) is 3. The summed E-state index contributed by atoms with van der Waals surface area (Å²) in [5, 5.41) is 0. The molecule has 1 saturated heterocycles. The average Bonchev–Trinajstić information content (AvgIpc) is 2.15. The molecule has 5 heteroatoms. The standard InChI is InChI=1S/C7H15NO3S/c1-6(2)7(3)5-11-12(9,10)8(7)4/h6H,5H2,1-4H3. The largest absolute Gasteiger partial charge is 0.338 e. The van der Waals surface area contributed by atoms with Crippen molar-refractivity contribution in [3.63, 3.8) is 0 Å². The fourth-order valence-electron chi connectivity index (χ4n) is 1.15. The van der Waals surface area contributed by atoms with Gasteiger partial charge in [-0.3, -0.25) is 4.18 Å². The molecule has 1 heterocycles. The summed E-state index contributed by atoms with van der Waals surface area (Å²) in [4.78, 5) is 0. The molecule has 1 aliphatic rings. The minimum Gasteiger partial charge on any atom is -0.256 e. The lowest BCUT2D eigenvalue weighted by Crippen LogP contribution is -2.46. The SMILES string of the molecule is CC(C)C1(C)COS(=O)(=O)N1C. The van der Waals surface area contributed by atoms with Gasteiger partial charge in [-0.05, 0) is 12.8 Å². The predicted molar refractivity (Wildman–Crippen MR) is 45.9 cm³/mol. The van der Waals surface area contributed by atoms with E-state index in [1.54, 1.807) is 7.05 Å². The summed E-state index contributed by atoms with van der Waals surface area (Å²) in [7, 11) is -1.89. The molecular formula is C7H15NO3S. The average molecular weight is 193 g/mol. The summed E-state index contributed by atoms with van der Waals surface area (Å²) in [6.45, 7) is 6.12. The van der Waals surface area contributed by atoms with Crippen LogP contribution in [0.2, 0.25) is 0 Å². The second-order valence-electron chi connectivity index (χ2n) is 3.70. The number of nitrogens with zero attached hydrogens (tertiary/aromatic N) is 1. The quantitative estimate of drug-likeness (QED) is 0.613. The molecule has 0 aromatic heterocycles. The van der Waals surface area contributed by atoms with Crippen molar-refractivity contribution in [1.82, 2.24) is 4.31 Å². The Hall–Kier alpha value is -0.130. The molecule has 0 bridgehead atoms. The summed E-state index contributed by atoms with van der Waals surface area (Å²) >= 11 is 0. The Bertz CT molecular complexity index is 272. The fourth-order valence-corrected chi connectivity index (χ4v) is 2.47. The van der Waals surface area contributed by atoms with Crippen LogP contribution in [0.25, 0.3) is 0 Å². The molecule has 0 radical (unpaired) electrons. The monoisotopic (exact) mass is 193 g/mol. The molecule has 1 fully saturated rings. The molecular weight excluding hydrogens is 178 g/mol. The van der Waals surface area contributed by atoms with E-state index in [-0.39, 0.29) is 12.5 Å². The molecule has 0 spiro atoms. The van der Waals surface area contributed by atoms with E-state index >= 15 is 0 Å². The lowest BCUT2D eigenvalue weighted by atomic mass is 9.90. The highest BCUT2D eigenvalue weighted by Crippen LogP contribution is 2.32. The normalized spacial score (nSPS) is 36.1. The predicted octanol–water partition coefficient (Wildman–Crippen LogP) is 0.608. The molecule has 1 aliphatic heterocycles. The molecule has 72 valence electrons. The van der Waals surface area contributed by atoms with Crippen molar-refractivity contribution in [2.45, 2.75) is 26.3 Å². The first-order chi connectivity index (χ1) is 5.31. The Kier molecular flexibility index (Phi) is 2.22. The van der Waals surface area contributed by atoms with E-state index < -0.39 is 15.8 Å². The van der Waals surface area contributed by atoms with E-state index in [1.807, 2.05) is 20.8 Å². The van der Waals surface area contributed by atoms with Crippen LogP contribution in [-0.2, 0) is 14.5 Å². The highest BCUT2D eigenvalue weighted by atomic mass is 32.2. The minimum atomic E-state index is -3.44. The third-order valence-corrected chi connectivity index (χ3v) is 4.30. The highest BCUT2D eigenvalue weighted by Gasteiger charge is 2.47. The molecule has 4 nitrogen and oxygen atoms in total. The highest BCUT2D eigenvalue weighted by molar-refractivity contribution is 7.84. The molecule has 0 aromatic carbocycles. The maximum atomic E-state index is 11.2. The molecule has 0 aliphatic carbocycles. The zero-order valence-corrected chi connectivity index (χ0v) is 8.68. The Labute approximate surface area is 73.8 Å². The van der Waals surface area contributed by atoms with E-state index in [9.17, 15) is 8.42 Å². The van der Waals surface area contributed by atoms with Crippen LogP contribution in [0.5, 0.6) is 0 Å². The van der Waals surface area contributed by atoms with E-state index in [0.717, 1.165) is 0 Å². The van der Waals surface area contributed by atoms with Crippen molar-refractivity contribution < 1.29 is 12.6 Å². The fraction of sp³-hybridized carbons (Fsp3) is 1.00. The minimum absolute atomic E-state index is 0.250. The van der Waals surface area contributed by atoms with Crippen molar-refractivity contribution >= 4 is 10.3 Å². The molecule has 0 aromatic rings. The zero-order chi connectivity index (χ0) is 9.57. The van der Waals surface area contributed by atoms with E-state index in [0.29, 0.717) is 0 Å². The van der Waals surface area contributed by atoms with Crippen molar-refractivity contribution in [1.29, 1.82) is 0 Å². The van der Waals surface area contributed by atoms with Crippen LogP contribution in [0, 0.1) is 5.92 Å². The third kappa shape index (κ3) is 1.26.